The summed E-state index contributed by atoms with van der Waals surface area (Å²) in [6.45, 7) is 3.57. The molecule has 1 aliphatic heterocycles. The first-order valence-corrected chi connectivity index (χ1v) is 8.09. The van der Waals surface area contributed by atoms with Crippen molar-refractivity contribution in [2.75, 3.05) is 19.6 Å². The third-order valence-corrected chi connectivity index (χ3v) is 4.36. The number of hydrogen-bond acceptors (Lipinski definition) is 2. The Balaban J connectivity index is 1.68. The molecule has 1 aliphatic rings. The van der Waals surface area contributed by atoms with E-state index in [0.717, 1.165) is 44.5 Å². The highest BCUT2D eigenvalue weighted by molar-refractivity contribution is 5.15. The van der Waals surface area contributed by atoms with Gasteiger partial charge in [0.15, 0.2) is 0 Å². The summed E-state index contributed by atoms with van der Waals surface area (Å²) in [7, 11) is 0. The average Bonchev–Trinajstić information content (AvgIpc) is 2.49. The number of piperidine rings is 1. The lowest BCUT2D eigenvalue weighted by atomic mass is 9.90. The molecule has 0 radical (unpaired) electrons. The molecule has 2 rings (SSSR count). The van der Waals surface area contributed by atoms with Crippen LogP contribution in [0.4, 0.5) is 17.6 Å². The lowest BCUT2D eigenvalue weighted by Gasteiger charge is -2.33. The number of nitrogens with one attached hydrogen (secondary N) is 1. The van der Waals surface area contributed by atoms with E-state index in [2.05, 4.69) is 10.2 Å². The van der Waals surface area contributed by atoms with Crippen molar-refractivity contribution in [3.8, 4) is 0 Å². The largest absolute Gasteiger partial charge is 0.401 e. The number of rotatable bonds is 6. The smallest absolute Gasteiger partial charge is 0.306 e. The van der Waals surface area contributed by atoms with Gasteiger partial charge in [0.05, 0.1) is 6.54 Å². The molecular formula is C17H24F4N2. The van der Waals surface area contributed by atoms with Gasteiger partial charge in [-0.2, -0.15) is 13.2 Å². The third-order valence-electron chi connectivity index (χ3n) is 4.36. The van der Waals surface area contributed by atoms with Gasteiger partial charge in [0.2, 0.25) is 0 Å². The van der Waals surface area contributed by atoms with Gasteiger partial charge >= 0.3 is 6.18 Å². The molecule has 23 heavy (non-hydrogen) atoms. The molecule has 1 saturated heterocycles. The predicted octanol–water partition coefficient (Wildman–Crippen LogP) is 3.97. The fourth-order valence-electron chi connectivity index (χ4n) is 3.10. The van der Waals surface area contributed by atoms with Crippen molar-refractivity contribution in [2.24, 2.45) is 5.92 Å². The maximum Gasteiger partial charge on any atom is 0.401 e. The fraction of sp³-hybridized carbons (Fsp3) is 0.647. The minimum absolute atomic E-state index is 0.120. The molecule has 1 unspecified atom stereocenters. The minimum Gasteiger partial charge on any atom is -0.306 e. The zero-order valence-corrected chi connectivity index (χ0v) is 13.4. The van der Waals surface area contributed by atoms with Gasteiger partial charge in [0.25, 0.3) is 0 Å². The summed E-state index contributed by atoms with van der Waals surface area (Å²) in [5, 5.41) is 2.55. The summed E-state index contributed by atoms with van der Waals surface area (Å²) in [5.41, 5.74) is 1.09. The molecule has 1 aromatic rings. The van der Waals surface area contributed by atoms with Gasteiger partial charge in [0.1, 0.15) is 5.82 Å². The summed E-state index contributed by atoms with van der Waals surface area (Å²) in [6.07, 6.45) is -1.37. The molecule has 1 fully saturated rings. The van der Waals surface area contributed by atoms with E-state index < -0.39 is 12.7 Å². The Hall–Kier alpha value is -1.14. The van der Waals surface area contributed by atoms with Gasteiger partial charge < -0.3 is 5.32 Å². The van der Waals surface area contributed by atoms with Crippen molar-refractivity contribution in [2.45, 2.75) is 44.9 Å². The number of alkyl halides is 3. The lowest BCUT2D eigenvalue weighted by molar-refractivity contribution is -0.126. The zero-order valence-electron chi connectivity index (χ0n) is 13.4. The first-order chi connectivity index (χ1) is 10.8. The van der Waals surface area contributed by atoms with Crippen LogP contribution in [-0.4, -0.2) is 36.8 Å². The molecule has 1 N–H and O–H groups in total. The van der Waals surface area contributed by atoms with Crippen molar-refractivity contribution < 1.29 is 17.6 Å². The highest BCUT2D eigenvalue weighted by Crippen LogP contribution is 2.23. The van der Waals surface area contributed by atoms with Crippen molar-refractivity contribution in [3.63, 3.8) is 0 Å². The SMILES string of the molecule is CC(CC1CCN(Cc2ccc(F)cc2)CC1)NCC(F)(F)F. The Morgan fingerprint density at radius 3 is 2.35 bits per heavy atom. The Morgan fingerprint density at radius 2 is 1.78 bits per heavy atom. The summed E-state index contributed by atoms with van der Waals surface area (Å²) in [5.74, 6) is 0.239. The summed E-state index contributed by atoms with van der Waals surface area (Å²) in [6, 6.07) is 6.41. The van der Waals surface area contributed by atoms with Crippen molar-refractivity contribution in [3.05, 3.63) is 35.6 Å². The topological polar surface area (TPSA) is 15.3 Å². The fourth-order valence-corrected chi connectivity index (χ4v) is 3.10. The molecule has 1 atom stereocenters. The van der Waals surface area contributed by atoms with E-state index in [4.69, 9.17) is 0 Å². The standard InChI is InChI=1S/C17H24F4N2/c1-13(22-12-17(19,20)21)10-14-6-8-23(9-7-14)11-15-2-4-16(18)5-3-15/h2-5,13-14,22H,6-12H2,1H3. The second-order valence-corrected chi connectivity index (χ2v) is 6.48. The van der Waals surface area contributed by atoms with Crippen LogP contribution in [0.5, 0.6) is 0 Å². The summed E-state index contributed by atoms with van der Waals surface area (Å²) >= 11 is 0. The van der Waals surface area contributed by atoms with Crippen LogP contribution in [-0.2, 0) is 6.54 Å². The van der Waals surface area contributed by atoms with E-state index in [-0.39, 0.29) is 11.9 Å². The Kier molecular flexibility index (Phi) is 6.41. The number of benzene rings is 1. The minimum atomic E-state index is -4.15. The van der Waals surface area contributed by atoms with Crippen molar-refractivity contribution in [1.82, 2.24) is 10.2 Å². The number of hydrogen-bond donors (Lipinski definition) is 1. The van der Waals surface area contributed by atoms with Gasteiger partial charge in [0, 0.05) is 12.6 Å². The van der Waals surface area contributed by atoms with Crippen LogP contribution in [0.25, 0.3) is 0 Å². The summed E-state index contributed by atoms with van der Waals surface area (Å²) in [4.78, 5) is 2.32. The first kappa shape index (κ1) is 18.2. The number of nitrogens with zero attached hydrogens (tertiary/aromatic N) is 1. The number of halogens is 4. The zero-order chi connectivity index (χ0) is 16.9. The molecule has 1 aromatic carbocycles. The van der Waals surface area contributed by atoms with E-state index >= 15 is 0 Å². The molecule has 0 saturated carbocycles. The highest BCUT2D eigenvalue weighted by Gasteiger charge is 2.28. The van der Waals surface area contributed by atoms with Crippen LogP contribution in [0, 0.1) is 11.7 Å². The monoisotopic (exact) mass is 332 g/mol. The van der Waals surface area contributed by atoms with Crippen LogP contribution in [0.2, 0.25) is 0 Å². The van der Waals surface area contributed by atoms with Crippen LogP contribution in [0.15, 0.2) is 24.3 Å². The predicted molar refractivity (Wildman–Crippen MR) is 82.5 cm³/mol. The van der Waals surface area contributed by atoms with Crippen LogP contribution < -0.4 is 5.32 Å². The summed E-state index contributed by atoms with van der Waals surface area (Å²) < 4.78 is 49.4. The second-order valence-electron chi connectivity index (χ2n) is 6.48. The van der Waals surface area contributed by atoms with Gasteiger partial charge in [-0.25, -0.2) is 4.39 Å². The third kappa shape index (κ3) is 6.87. The molecule has 130 valence electrons. The average molecular weight is 332 g/mol. The molecule has 0 aromatic heterocycles. The van der Waals surface area contributed by atoms with E-state index in [1.165, 1.54) is 12.1 Å². The van der Waals surface area contributed by atoms with Gasteiger partial charge in [-0.3, -0.25) is 4.90 Å². The molecule has 0 bridgehead atoms. The Labute approximate surface area is 134 Å². The Morgan fingerprint density at radius 1 is 1.17 bits per heavy atom. The highest BCUT2D eigenvalue weighted by atomic mass is 19.4. The Bertz CT molecular complexity index is 464. The molecule has 0 spiro atoms. The van der Waals surface area contributed by atoms with Gasteiger partial charge in [-0.1, -0.05) is 12.1 Å². The van der Waals surface area contributed by atoms with Crippen LogP contribution >= 0.6 is 0 Å². The van der Waals surface area contributed by atoms with Crippen LogP contribution in [0.1, 0.15) is 31.7 Å². The lowest BCUT2D eigenvalue weighted by Crippen LogP contribution is -2.39. The molecule has 0 aliphatic carbocycles. The van der Waals surface area contributed by atoms with E-state index in [0.29, 0.717) is 5.92 Å². The molecular weight excluding hydrogens is 308 g/mol. The van der Waals surface area contributed by atoms with Crippen LogP contribution in [0.3, 0.4) is 0 Å². The maximum atomic E-state index is 12.9. The van der Waals surface area contributed by atoms with Crippen molar-refractivity contribution in [1.29, 1.82) is 0 Å². The van der Waals surface area contributed by atoms with Crippen molar-refractivity contribution >= 4 is 0 Å². The van der Waals surface area contributed by atoms with E-state index in [9.17, 15) is 17.6 Å². The van der Waals surface area contributed by atoms with Gasteiger partial charge in [-0.05, 0) is 62.9 Å². The first-order valence-electron chi connectivity index (χ1n) is 8.09. The second kappa shape index (κ2) is 8.11. The molecule has 6 heteroatoms. The van der Waals surface area contributed by atoms with E-state index in [1.54, 1.807) is 12.1 Å². The van der Waals surface area contributed by atoms with E-state index in [1.807, 2.05) is 6.92 Å². The maximum absolute atomic E-state index is 12.9. The molecule has 0 amide bonds. The molecule has 1 heterocycles. The quantitative estimate of drug-likeness (QED) is 0.793. The molecule has 2 nitrogen and oxygen atoms in total. The van der Waals surface area contributed by atoms with Gasteiger partial charge in [-0.15, -0.1) is 0 Å². The normalized spacial score (nSPS) is 19.0. The number of likely N-dealkylation sites (tertiary alicyclic amines) is 1.